The van der Waals surface area contributed by atoms with Crippen LogP contribution in [-0.4, -0.2) is 0 Å². The molecule has 11 aromatic carbocycles. The predicted octanol–water partition coefficient (Wildman–Crippen LogP) is 14.4. The summed E-state index contributed by atoms with van der Waals surface area (Å²) < 4.78 is 6.98. The van der Waals surface area contributed by atoms with Crippen molar-refractivity contribution in [1.82, 2.24) is 0 Å². The van der Waals surface area contributed by atoms with E-state index < -0.39 is 0 Å². The summed E-state index contributed by atoms with van der Waals surface area (Å²) in [5, 5.41) is 19.9. The molecule has 0 bridgehead atoms. The summed E-state index contributed by atoms with van der Waals surface area (Å²) in [5.41, 5.74) is 6.61. The van der Waals surface area contributed by atoms with Gasteiger partial charge in [-0.15, -0.1) is 0 Å². The lowest BCUT2D eigenvalue weighted by Gasteiger charge is -2.17. The molecular weight excluding hydrogens is 617 g/mol. The normalized spacial score (nSPS) is 12.3. The summed E-state index contributed by atoms with van der Waals surface area (Å²) in [4.78, 5) is 0. The van der Waals surface area contributed by atoms with E-state index in [9.17, 15) is 0 Å². The largest absolute Gasteiger partial charge is 0.455 e. The first-order chi connectivity index (χ1) is 25.3. The van der Waals surface area contributed by atoms with Crippen LogP contribution >= 0.6 is 0 Å². The van der Waals surface area contributed by atoms with E-state index in [1.54, 1.807) is 0 Å². The van der Waals surface area contributed by atoms with E-state index in [0.717, 1.165) is 32.9 Å². The van der Waals surface area contributed by atoms with Crippen LogP contribution in [0.4, 0.5) is 0 Å². The molecule has 234 valence electrons. The molecule has 51 heavy (non-hydrogen) atoms. The van der Waals surface area contributed by atoms with Crippen LogP contribution in [-0.2, 0) is 0 Å². The Morgan fingerprint density at radius 1 is 0.275 bits per heavy atom. The molecule has 0 fully saturated rings. The van der Waals surface area contributed by atoms with Gasteiger partial charge in [0, 0.05) is 16.2 Å². The van der Waals surface area contributed by atoms with Crippen LogP contribution in [0, 0.1) is 0 Å². The first-order valence-electron chi connectivity index (χ1n) is 17.7. The molecule has 0 N–H and O–H groups in total. The molecule has 0 saturated heterocycles. The highest BCUT2D eigenvalue weighted by Crippen LogP contribution is 2.47. The molecule has 1 aromatic heterocycles. The van der Waals surface area contributed by atoms with Crippen LogP contribution in [0.2, 0.25) is 0 Å². The van der Waals surface area contributed by atoms with Crippen molar-refractivity contribution in [3.8, 4) is 22.3 Å². The van der Waals surface area contributed by atoms with E-state index in [1.807, 2.05) is 0 Å². The van der Waals surface area contributed by atoms with Gasteiger partial charge < -0.3 is 4.42 Å². The minimum atomic E-state index is 0.904. The van der Waals surface area contributed by atoms with Crippen LogP contribution in [0.15, 0.2) is 174 Å². The summed E-state index contributed by atoms with van der Waals surface area (Å²) in [6.45, 7) is 0. The second-order valence-corrected chi connectivity index (χ2v) is 14.0. The third kappa shape index (κ3) is 3.70. The summed E-state index contributed by atoms with van der Waals surface area (Å²) in [6.07, 6.45) is 0. The van der Waals surface area contributed by atoms with E-state index in [0.29, 0.717) is 0 Å². The second kappa shape index (κ2) is 9.94. The molecule has 1 heteroatoms. The Kier molecular flexibility index (Phi) is 5.29. The average molecular weight is 645 g/mol. The Bertz CT molecular complexity index is 3400. The van der Waals surface area contributed by atoms with Gasteiger partial charge in [-0.25, -0.2) is 0 Å². The molecule has 0 aliphatic carbocycles. The predicted molar refractivity (Wildman–Crippen MR) is 218 cm³/mol. The maximum absolute atomic E-state index is 6.98. The number of hydrogen-bond acceptors (Lipinski definition) is 1. The molecule has 1 nitrogen and oxygen atoms in total. The zero-order valence-corrected chi connectivity index (χ0v) is 27.6. The fraction of sp³-hybridized carbons (Fsp3) is 0. The van der Waals surface area contributed by atoms with Crippen molar-refractivity contribution >= 4 is 97.3 Å². The van der Waals surface area contributed by atoms with Gasteiger partial charge in [-0.05, 0) is 117 Å². The zero-order valence-electron chi connectivity index (χ0n) is 27.6. The Morgan fingerprint density at radius 2 is 0.843 bits per heavy atom. The molecule has 12 aromatic rings. The summed E-state index contributed by atoms with van der Waals surface area (Å²) >= 11 is 0. The molecule has 0 aliphatic heterocycles. The van der Waals surface area contributed by atoms with Crippen molar-refractivity contribution in [3.63, 3.8) is 0 Å². The molecule has 0 amide bonds. The minimum absolute atomic E-state index is 0.904. The fourth-order valence-electron chi connectivity index (χ4n) is 9.07. The lowest BCUT2D eigenvalue weighted by Crippen LogP contribution is -1.90. The topological polar surface area (TPSA) is 13.1 Å². The van der Waals surface area contributed by atoms with Gasteiger partial charge in [0.2, 0.25) is 0 Å². The monoisotopic (exact) mass is 644 g/mol. The van der Waals surface area contributed by atoms with E-state index in [1.165, 1.54) is 86.7 Å². The summed E-state index contributed by atoms with van der Waals surface area (Å²) in [5.74, 6) is 0. The smallest absolute Gasteiger partial charge is 0.143 e. The van der Waals surface area contributed by atoms with Crippen molar-refractivity contribution in [1.29, 1.82) is 0 Å². The number of fused-ring (bicyclic) bond motifs is 10. The lowest BCUT2D eigenvalue weighted by molar-refractivity contribution is 0.673. The van der Waals surface area contributed by atoms with E-state index in [2.05, 4.69) is 170 Å². The highest BCUT2D eigenvalue weighted by molar-refractivity contribution is 6.28. The summed E-state index contributed by atoms with van der Waals surface area (Å²) in [7, 11) is 0. The fourth-order valence-corrected chi connectivity index (χ4v) is 9.07. The minimum Gasteiger partial charge on any atom is -0.455 e. The standard InChI is InChI=1S/C50H28O/c1-3-12-35-29(8-1)18-22-39-37-14-5-6-15-38(37)43(28-44(35)39)34-26-45(49-42-25-19-30-9-2-4-13-36(30)50(42)51-46(49)27-34)40-23-20-33-17-16-31-10-7-11-32-21-24-41(40)48(33)47(31)32/h1-28H. The third-order valence-electron chi connectivity index (χ3n) is 11.4. The maximum atomic E-state index is 6.98. The van der Waals surface area contributed by atoms with E-state index in [-0.39, 0.29) is 0 Å². The van der Waals surface area contributed by atoms with Crippen LogP contribution in [0.5, 0.6) is 0 Å². The molecule has 1 heterocycles. The number of furan rings is 1. The van der Waals surface area contributed by atoms with Crippen molar-refractivity contribution in [2.75, 3.05) is 0 Å². The van der Waals surface area contributed by atoms with Gasteiger partial charge in [0.1, 0.15) is 11.2 Å². The third-order valence-corrected chi connectivity index (χ3v) is 11.4. The molecule has 0 aliphatic rings. The number of benzene rings is 11. The van der Waals surface area contributed by atoms with Crippen molar-refractivity contribution in [3.05, 3.63) is 170 Å². The molecule has 0 spiro atoms. The Morgan fingerprint density at radius 3 is 1.67 bits per heavy atom. The number of hydrogen-bond donors (Lipinski definition) is 0. The van der Waals surface area contributed by atoms with Crippen molar-refractivity contribution in [2.24, 2.45) is 0 Å². The maximum Gasteiger partial charge on any atom is 0.143 e. The average Bonchev–Trinajstić information content (AvgIpc) is 3.58. The highest BCUT2D eigenvalue weighted by atomic mass is 16.3. The van der Waals surface area contributed by atoms with Gasteiger partial charge in [-0.2, -0.15) is 0 Å². The van der Waals surface area contributed by atoms with Crippen LogP contribution in [0.25, 0.3) is 120 Å². The highest BCUT2D eigenvalue weighted by Gasteiger charge is 2.21. The molecular formula is C50H28O. The molecule has 12 rings (SSSR count). The van der Waals surface area contributed by atoms with Gasteiger partial charge in [-0.1, -0.05) is 146 Å². The van der Waals surface area contributed by atoms with Gasteiger partial charge in [0.15, 0.2) is 0 Å². The first kappa shape index (κ1) is 27.2. The Labute approximate surface area is 292 Å². The number of rotatable bonds is 2. The first-order valence-corrected chi connectivity index (χ1v) is 17.7. The Balaban J connectivity index is 1.26. The Hall–Kier alpha value is -6.70. The van der Waals surface area contributed by atoms with Crippen molar-refractivity contribution in [2.45, 2.75) is 0 Å². The van der Waals surface area contributed by atoms with Crippen LogP contribution < -0.4 is 0 Å². The van der Waals surface area contributed by atoms with Crippen LogP contribution in [0.3, 0.4) is 0 Å². The molecule has 0 unspecified atom stereocenters. The zero-order chi connectivity index (χ0) is 33.2. The SMILES string of the molecule is c1ccc2c(c1)ccc1c3ccccc3c(-c3cc(-c4ccc5ccc6cccc7ccc4c5c67)c4c(c3)oc3c5ccccc5ccc34)cc21. The quantitative estimate of drug-likeness (QED) is 0.171. The van der Waals surface area contributed by atoms with Gasteiger partial charge in [0.25, 0.3) is 0 Å². The summed E-state index contributed by atoms with van der Waals surface area (Å²) in [6, 6.07) is 62.7. The van der Waals surface area contributed by atoms with E-state index in [4.69, 9.17) is 4.42 Å². The second-order valence-electron chi connectivity index (χ2n) is 14.0. The van der Waals surface area contributed by atoms with Crippen LogP contribution in [0.1, 0.15) is 0 Å². The van der Waals surface area contributed by atoms with Gasteiger partial charge in [-0.3, -0.25) is 0 Å². The van der Waals surface area contributed by atoms with Gasteiger partial charge >= 0.3 is 0 Å². The lowest BCUT2D eigenvalue weighted by atomic mass is 9.86. The van der Waals surface area contributed by atoms with E-state index >= 15 is 0 Å². The molecule has 0 saturated carbocycles. The van der Waals surface area contributed by atoms with Gasteiger partial charge in [0.05, 0.1) is 0 Å². The molecule has 0 radical (unpaired) electrons. The van der Waals surface area contributed by atoms with Crippen molar-refractivity contribution < 1.29 is 4.42 Å². The molecule has 0 atom stereocenters.